The third kappa shape index (κ3) is 5.75. The van der Waals surface area contributed by atoms with Gasteiger partial charge in [-0.05, 0) is 25.5 Å². The summed E-state index contributed by atoms with van der Waals surface area (Å²) in [5, 5.41) is 10.4. The monoisotopic (exact) mass is 416 g/mol. The first-order chi connectivity index (χ1) is 13.8. The number of sulfonamides is 1. The van der Waals surface area contributed by atoms with Crippen molar-refractivity contribution in [3.05, 3.63) is 54.4 Å². The molecule has 0 aliphatic carbocycles. The van der Waals surface area contributed by atoms with Crippen molar-refractivity contribution in [1.29, 1.82) is 0 Å². The average Bonchev–Trinajstić information content (AvgIpc) is 3.09. The predicted octanol–water partition coefficient (Wildman–Crippen LogP) is 2.25. The smallest absolute Gasteiger partial charge is 0.319 e. The van der Waals surface area contributed by atoms with E-state index in [9.17, 15) is 13.2 Å². The number of carbonyl (C=O) groups is 1. The number of anilines is 1. The van der Waals surface area contributed by atoms with E-state index in [-0.39, 0.29) is 24.9 Å². The Bertz CT molecular complexity index is 1080. The van der Waals surface area contributed by atoms with Crippen LogP contribution in [-0.4, -0.2) is 42.3 Å². The van der Waals surface area contributed by atoms with Crippen LogP contribution in [0.5, 0.6) is 0 Å². The van der Waals surface area contributed by atoms with Gasteiger partial charge in [0.05, 0.1) is 23.8 Å². The molecule has 3 N–H and O–H groups in total. The Balaban J connectivity index is 1.46. The predicted molar refractivity (Wildman–Crippen MR) is 112 cm³/mol. The molecule has 29 heavy (non-hydrogen) atoms. The van der Waals surface area contributed by atoms with Crippen molar-refractivity contribution in [3.63, 3.8) is 0 Å². The van der Waals surface area contributed by atoms with Gasteiger partial charge in [-0.15, -0.1) is 0 Å². The molecule has 1 aromatic carbocycles. The summed E-state index contributed by atoms with van der Waals surface area (Å²) in [4.78, 5) is 16.4. The number of pyridine rings is 1. The lowest BCUT2D eigenvalue weighted by Gasteiger charge is -2.10. The molecule has 2 aromatic heterocycles. The Morgan fingerprint density at radius 2 is 1.90 bits per heavy atom. The molecule has 9 nitrogen and oxygen atoms in total. The van der Waals surface area contributed by atoms with E-state index in [0.29, 0.717) is 11.3 Å². The molecule has 2 heterocycles. The summed E-state index contributed by atoms with van der Waals surface area (Å²) in [5.74, 6) is -0.101. The molecular weight excluding hydrogens is 392 g/mol. The second kappa shape index (κ2) is 9.01. The van der Waals surface area contributed by atoms with Gasteiger partial charge in [-0.3, -0.25) is 0 Å². The number of nitrogens with zero attached hydrogens (tertiary/aromatic N) is 3. The highest BCUT2D eigenvalue weighted by Crippen LogP contribution is 2.18. The molecule has 3 aromatic rings. The molecule has 0 radical (unpaired) electrons. The molecule has 0 atom stereocenters. The van der Waals surface area contributed by atoms with E-state index in [1.807, 2.05) is 19.9 Å². The minimum absolute atomic E-state index is 0.0982. The highest BCUT2D eigenvalue weighted by molar-refractivity contribution is 7.88. The van der Waals surface area contributed by atoms with Gasteiger partial charge in [-0.25, -0.2) is 27.6 Å². The number of benzene rings is 1. The van der Waals surface area contributed by atoms with Gasteiger partial charge in [0, 0.05) is 24.5 Å². The molecule has 3 rings (SSSR count). The highest BCUT2D eigenvalue weighted by Gasteiger charge is 2.12. The van der Waals surface area contributed by atoms with E-state index in [0.717, 1.165) is 11.0 Å². The summed E-state index contributed by atoms with van der Waals surface area (Å²) in [6.07, 6.45) is 3.26. The number of aromatic nitrogens is 3. The van der Waals surface area contributed by atoms with Gasteiger partial charge < -0.3 is 10.6 Å². The van der Waals surface area contributed by atoms with Crippen LogP contribution >= 0.6 is 0 Å². The van der Waals surface area contributed by atoms with Crippen LogP contribution < -0.4 is 15.4 Å². The van der Waals surface area contributed by atoms with Gasteiger partial charge in [-0.1, -0.05) is 30.3 Å². The minimum atomic E-state index is -3.46. The molecule has 2 amide bonds. The molecule has 0 saturated heterocycles. The quantitative estimate of drug-likeness (QED) is 0.487. The molecule has 0 saturated carbocycles. The summed E-state index contributed by atoms with van der Waals surface area (Å²) in [7, 11) is -3.46. The first kappa shape index (κ1) is 20.7. The second-order valence-corrected chi connectivity index (χ2v) is 8.65. The van der Waals surface area contributed by atoms with Crippen LogP contribution in [0.3, 0.4) is 0 Å². The highest BCUT2D eigenvalue weighted by atomic mass is 32.2. The van der Waals surface area contributed by atoms with Crippen molar-refractivity contribution < 1.29 is 13.2 Å². The maximum atomic E-state index is 12.1. The maximum Gasteiger partial charge on any atom is 0.319 e. The fraction of sp³-hybridized carbons (Fsp3) is 0.316. The normalized spacial score (nSPS) is 11.7. The van der Waals surface area contributed by atoms with Gasteiger partial charge >= 0.3 is 6.03 Å². The zero-order valence-electron chi connectivity index (χ0n) is 16.3. The lowest BCUT2D eigenvalue weighted by Crippen LogP contribution is -2.37. The van der Waals surface area contributed by atoms with Crippen molar-refractivity contribution in [2.45, 2.75) is 25.6 Å². The van der Waals surface area contributed by atoms with Crippen molar-refractivity contribution in [2.24, 2.45) is 0 Å². The lowest BCUT2D eigenvalue weighted by atomic mass is 10.2. The zero-order chi connectivity index (χ0) is 20.9. The number of rotatable bonds is 8. The molecule has 0 aliphatic heterocycles. The molecular formula is C19H24N6O3S. The number of amides is 2. The Labute approximate surface area is 169 Å². The van der Waals surface area contributed by atoms with E-state index in [1.54, 1.807) is 47.4 Å². The summed E-state index contributed by atoms with van der Waals surface area (Å²) in [6, 6.07) is 10.4. The maximum absolute atomic E-state index is 12.1. The molecule has 0 spiro atoms. The van der Waals surface area contributed by atoms with Gasteiger partial charge in [0.25, 0.3) is 0 Å². The zero-order valence-corrected chi connectivity index (χ0v) is 17.1. The molecule has 0 fully saturated rings. The van der Waals surface area contributed by atoms with E-state index in [1.165, 1.54) is 0 Å². The van der Waals surface area contributed by atoms with Crippen molar-refractivity contribution >= 4 is 32.8 Å². The molecule has 10 heteroatoms. The standard InChI is InChI=1S/C19H24N6O3S/c1-14(2)25-18-16(11-22-25)10-17(12-21-18)24-19(26)20-8-9-23-29(27,28)13-15-6-4-3-5-7-15/h3-7,10-12,14,23H,8-9,13H2,1-2H3,(H2,20,24,26). The lowest BCUT2D eigenvalue weighted by molar-refractivity contribution is 0.252. The fourth-order valence-corrected chi connectivity index (χ4v) is 3.94. The fourth-order valence-electron chi connectivity index (χ4n) is 2.79. The van der Waals surface area contributed by atoms with Gasteiger partial charge in [-0.2, -0.15) is 5.10 Å². The Kier molecular flexibility index (Phi) is 6.45. The van der Waals surface area contributed by atoms with Gasteiger partial charge in [0.15, 0.2) is 5.65 Å². The van der Waals surface area contributed by atoms with Crippen molar-refractivity contribution in [2.75, 3.05) is 18.4 Å². The molecule has 0 unspecified atom stereocenters. The number of nitrogens with one attached hydrogen (secondary N) is 3. The van der Waals surface area contributed by atoms with Crippen LogP contribution in [0, 0.1) is 0 Å². The number of carbonyl (C=O) groups excluding carboxylic acids is 1. The number of fused-ring (bicyclic) bond motifs is 1. The van der Waals surface area contributed by atoms with Gasteiger partial charge in [0.2, 0.25) is 10.0 Å². The second-order valence-electron chi connectivity index (χ2n) is 6.84. The first-order valence-electron chi connectivity index (χ1n) is 9.23. The van der Waals surface area contributed by atoms with E-state index in [2.05, 4.69) is 25.4 Å². The van der Waals surface area contributed by atoms with Crippen LogP contribution in [0.2, 0.25) is 0 Å². The Morgan fingerprint density at radius 1 is 1.14 bits per heavy atom. The molecule has 154 valence electrons. The molecule has 0 bridgehead atoms. The van der Waals surface area contributed by atoms with Crippen LogP contribution in [0.4, 0.5) is 10.5 Å². The summed E-state index contributed by atoms with van der Waals surface area (Å²) in [5.41, 5.74) is 1.98. The van der Waals surface area contributed by atoms with E-state index in [4.69, 9.17) is 0 Å². The van der Waals surface area contributed by atoms with Crippen LogP contribution in [-0.2, 0) is 15.8 Å². The van der Waals surface area contributed by atoms with Crippen molar-refractivity contribution in [1.82, 2.24) is 24.8 Å². The summed E-state index contributed by atoms with van der Waals surface area (Å²) in [6.45, 7) is 4.28. The topological polar surface area (TPSA) is 118 Å². The first-order valence-corrected chi connectivity index (χ1v) is 10.9. The van der Waals surface area contributed by atoms with Gasteiger partial charge in [0.1, 0.15) is 0 Å². The molecule has 0 aliphatic rings. The van der Waals surface area contributed by atoms with Crippen LogP contribution in [0.15, 0.2) is 48.8 Å². The van der Waals surface area contributed by atoms with Crippen molar-refractivity contribution in [3.8, 4) is 0 Å². The Hall–Kier alpha value is -2.98. The van der Waals surface area contributed by atoms with E-state index < -0.39 is 16.1 Å². The van der Waals surface area contributed by atoms with Crippen LogP contribution in [0.25, 0.3) is 11.0 Å². The minimum Gasteiger partial charge on any atom is -0.337 e. The SMILES string of the molecule is CC(C)n1ncc2cc(NC(=O)NCCNS(=O)(=O)Cc3ccccc3)cnc21. The number of hydrogen-bond donors (Lipinski definition) is 3. The summed E-state index contributed by atoms with van der Waals surface area (Å²) < 4.78 is 28.4. The number of hydrogen-bond acceptors (Lipinski definition) is 5. The average molecular weight is 417 g/mol. The third-order valence-corrected chi connectivity index (χ3v) is 5.47. The van der Waals surface area contributed by atoms with E-state index >= 15 is 0 Å². The third-order valence-electron chi connectivity index (χ3n) is 4.11. The Morgan fingerprint density at radius 3 is 2.62 bits per heavy atom. The largest absolute Gasteiger partial charge is 0.337 e. The number of urea groups is 1. The van der Waals surface area contributed by atoms with Crippen LogP contribution in [0.1, 0.15) is 25.5 Å². The summed E-state index contributed by atoms with van der Waals surface area (Å²) >= 11 is 0.